The topological polar surface area (TPSA) is 64.4 Å². The van der Waals surface area contributed by atoms with Gasteiger partial charge in [0.15, 0.2) is 0 Å². The highest BCUT2D eigenvalue weighted by Gasteiger charge is 2.06. The summed E-state index contributed by atoms with van der Waals surface area (Å²) < 4.78 is 6.19. The van der Waals surface area contributed by atoms with E-state index >= 15 is 0 Å². The van der Waals surface area contributed by atoms with Gasteiger partial charge in [-0.2, -0.15) is 0 Å². The van der Waals surface area contributed by atoms with E-state index in [2.05, 4.69) is 21.2 Å². The zero-order valence-electron chi connectivity index (χ0n) is 11.5. The molecule has 110 valence electrons. The quantitative estimate of drug-likeness (QED) is 0.637. The van der Waals surface area contributed by atoms with Crippen molar-refractivity contribution < 1.29 is 9.66 Å². The van der Waals surface area contributed by atoms with Crippen LogP contribution >= 0.6 is 15.9 Å². The molecule has 0 spiro atoms. The maximum absolute atomic E-state index is 10.7. The molecule has 2 rings (SSSR count). The normalized spacial score (nSPS) is 10.4. The van der Waals surface area contributed by atoms with Gasteiger partial charge in [-0.15, -0.1) is 0 Å². The first-order valence-corrected chi connectivity index (χ1v) is 7.16. The molecule has 5 nitrogen and oxygen atoms in total. The SMILES string of the molecule is COc1ccc(Br)c(CNCc2cccc([N+](=O)[O-])c2)c1. The molecule has 0 radical (unpaired) electrons. The number of hydrogen-bond acceptors (Lipinski definition) is 4. The van der Waals surface area contributed by atoms with E-state index in [1.165, 1.54) is 6.07 Å². The second-order valence-corrected chi connectivity index (χ2v) is 5.34. The lowest BCUT2D eigenvalue weighted by molar-refractivity contribution is -0.384. The maximum atomic E-state index is 10.7. The van der Waals surface area contributed by atoms with Gasteiger partial charge in [-0.1, -0.05) is 28.1 Å². The molecule has 0 amide bonds. The van der Waals surface area contributed by atoms with Crippen LogP contribution in [0.4, 0.5) is 5.69 Å². The summed E-state index contributed by atoms with van der Waals surface area (Å²) >= 11 is 3.49. The smallest absolute Gasteiger partial charge is 0.269 e. The summed E-state index contributed by atoms with van der Waals surface area (Å²) in [6.45, 7) is 1.20. The average molecular weight is 351 g/mol. The third-order valence-electron chi connectivity index (χ3n) is 3.02. The molecule has 0 atom stereocenters. The Morgan fingerprint density at radius 3 is 2.76 bits per heavy atom. The van der Waals surface area contributed by atoms with Crippen molar-refractivity contribution in [1.82, 2.24) is 5.32 Å². The van der Waals surface area contributed by atoms with Crippen LogP contribution < -0.4 is 10.1 Å². The molecule has 21 heavy (non-hydrogen) atoms. The Labute approximate surface area is 131 Å². The van der Waals surface area contributed by atoms with Gasteiger partial charge in [0.25, 0.3) is 5.69 Å². The van der Waals surface area contributed by atoms with Gasteiger partial charge in [-0.3, -0.25) is 10.1 Å². The van der Waals surface area contributed by atoms with E-state index in [1.807, 2.05) is 24.3 Å². The molecule has 0 aromatic heterocycles. The minimum Gasteiger partial charge on any atom is -0.497 e. The molecule has 0 saturated carbocycles. The fraction of sp³-hybridized carbons (Fsp3) is 0.200. The number of benzene rings is 2. The number of nitrogens with one attached hydrogen (secondary N) is 1. The van der Waals surface area contributed by atoms with Crippen LogP contribution in [0.15, 0.2) is 46.9 Å². The Balaban J connectivity index is 1.98. The predicted octanol–water partition coefficient (Wildman–Crippen LogP) is 3.66. The van der Waals surface area contributed by atoms with Gasteiger partial charge < -0.3 is 10.1 Å². The van der Waals surface area contributed by atoms with Crippen LogP contribution in [0.2, 0.25) is 0 Å². The van der Waals surface area contributed by atoms with Gasteiger partial charge in [0.05, 0.1) is 12.0 Å². The van der Waals surface area contributed by atoms with Crippen LogP contribution in [0.1, 0.15) is 11.1 Å². The van der Waals surface area contributed by atoms with Crippen molar-refractivity contribution in [3.63, 3.8) is 0 Å². The van der Waals surface area contributed by atoms with E-state index in [0.29, 0.717) is 13.1 Å². The van der Waals surface area contributed by atoms with Crippen molar-refractivity contribution in [1.29, 1.82) is 0 Å². The van der Waals surface area contributed by atoms with Gasteiger partial charge in [-0.05, 0) is 29.3 Å². The second-order valence-electron chi connectivity index (χ2n) is 4.49. The third kappa shape index (κ3) is 4.27. The first-order valence-electron chi connectivity index (χ1n) is 6.36. The van der Waals surface area contributed by atoms with Crippen LogP contribution in [0.25, 0.3) is 0 Å². The summed E-state index contributed by atoms with van der Waals surface area (Å²) in [7, 11) is 1.63. The van der Waals surface area contributed by atoms with Crippen molar-refractivity contribution in [3.8, 4) is 5.75 Å². The average Bonchev–Trinajstić information content (AvgIpc) is 2.49. The number of rotatable bonds is 6. The summed E-state index contributed by atoms with van der Waals surface area (Å²) in [6, 6.07) is 12.4. The first-order chi connectivity index (χ1) is 10.1. The molecule has 0 fully saturated rings. The molecule has 2 aromatic carbocycles. The van der Waals surface area contributed by atoms with Crippen molar-refractivity contribution in [2.45, 2.75) is 13.1 Å². The Morgan fingerprint density at radius 1 is 1.24 bits per heavy atom. The fourth-order valence-corrected chi connectivity index (χ4v) is 2.32. The summed E-state index contributed by atoms with van der Waals surface area (Å²) in [6.07, 6.45) is 0. The molecule has 1 N–H and O–H groups in total. The Hall–Kier alpha value is -1.92. The number of nitrogens with zero attached hydrogens (tertiary/aromatic N) is 1. The van der Waals surface area contributed by atoms with E-state index < -0.39 is 0 Å². The lowest BCUT2D eigenvalue weighted by Gasteiger charge is -2.09. The van der Waals surface area contributed by atoms with Crippen molar-refractivity contribution in [2.24, 2.45) is 0 Å². The number of methoxy groups -OCH3 is 1. The van der Waals surface area contributed by atoms with Gasteiger partial charge in [0.1, 0.15) is 5.75 Å². The maximum Gasteiger partial charge on any atom is 0.269 e. The number of halogens is 1. The molecule has 0 unspecified atom stereocenters. The number of nitro groups is 1. The molecular formula is C15H15BrN2O3. The highest BCUT2D eigenvalue weighted by atomic mass is 79.9. The van der Waals surface area contributed by atoms with E-state index in [1.54, 1.807) is 19.2 Å². The lowest BCUT2D eigenvalue weighted by Crippen LogP contribution is -2.13. The summed E-state index contributed by atoms with van der Waals surface area (Å²) in [4.78, 5) is 10.3. The van der Waals surface area contributed by atoms with Crippen LogP contribution in [-0.2, 0) is 13.1 Å². The summed E-state index contributed by atoms with van der Waals surface area (Å²) in [5, 5.41) is 14.0. The van der Waals surface area contributed by atoms with Crippen molar-refractivity contribution in [3.05, 3.63) is 68.2 Å². The van der Waals surface area contributed by atoms with Gasteiger partial charge in [0, 0.05) is 29.7 Å². The largest absolute Gasteiger partial charge is 0.497 e. The first kappa shape index (κ1) is 15.5. The molecule has 0 heterocycles. The van der Waals surface area contributed by atoms with Gasteiger partial charge >= 0.3 is 0 Å². The van der Waals surface area contributed by atoms with Gasteiger partial charge in [-0.25, -0.2) is 0 Å². The van der Waals surface area contributed by atoms with E-state index in [9.17, 15) is 10.1 Å². The fourth-order valence-electron chi connectivity index (χ4n) is 1.94. The van der Waals surface area contributed by atoms with E-state index in [-0.39, 0.29) is 10.6 Å². The molecule has 0 aliphatic carbocycles. The van der Waals surface area contributed by atoms with Crippen LogP contribution in [-0.4, -0.2) is 12.0 Å². The standard InChI is InChI=1S/C15H15BrN2O3/c1-21-14-5-6-15(16)12(8-14)10-17-9-11-3-2-4-13(7-11)18(19)20/h2-8,17H,9-10H2,1H3. The minimum atomic E-state index is -0.387. The summed E-state index contributed by atoms with van der Waals surface area (Å²) in [5.41, 5.74) is 2.06. The van der Waals surface area contributed by atoms with Crippen LogP contribution in [0.5, 0.6) is 5.75 Å². The monoisotopic (exact) mass is 350 g/mol. The second kappa shape index (κ2) is 7.19. The van der Waals surface area contributed by atoms with E-state index in [4.69, 9.17) is 4.74 Å². The van der Waals surface area contributed by atoms with Gasteiger partial charge in [0.2, 0.25) is 0 Å². The molecule has 2 aromatic rings. The molecule has 0 aliphatic rings. The third-order valence-corrected chi connectivity index (χ3v) is 3.79. The van der Waals surface area contributed by atoms with Crippen molar-refractivity contribution in [2.75, 3.05) is 7.11 Å². The number of ether oxygens (including phenoxy) is 1. The molecule has 6 heteroatoms. The predicted molar refractivity (Wildman–Crippen MR) is 84.3 cm³/mol. The zero-order chi connectivity index (χ0) is 15.2. The molecule has 0 saturated heterocycles. The van der Waals surface area contributed by atoms with E-state index in [0.717, 1.165) is 21.3 Å². The van der Waals surface area contributed by atoms with Crippen LogP contribution in [0, 0.1) is 10.1 Å². The molecular weight excluding hydrogens is 336 g/mol. The Kier molecular flexibility index (Phi) is 5.30. The van der Waals surface area contributed by atoms with Crippen LogP contribution in [0.3, 0.4) is 0 Å². The minimum absolute atomic E-state index is 0.108. The number of nitro benzene ring substituents is 1. The summed E-state index contributed by atoms with van der Waals surface area (Å²) in [5.74, 6) is 0.797. The number of hydrogen-bond donors (Lipinski definition) is 1. The number of non-ortho nitro benzene ring substituents is 1. The molecule has 0 bridgehead atoms. The highest BCUT2D eigenvalue weighted by molar-refractivity contribution is 9.10. The Morgan fingerprint density at radius 2 is 2.05 bits per heavy atom. The highest BCUT2D eigenvalue weighted by Crippen LogP contribution is 2.22. The lowest BCUT2D eigenvalue weighted by atomic mass is 10.2. The zero-order valence-corrected chi connectivity index (χ0v) is 13.1. The molecule has 0 aliphatic heterocycles. The van der Waals surface area contributed by atoms with Crippen molar-refractivity contribution >= 4 is 21.6 Å². The Bertz CT molecular complexity index is 647.